The van der Waals surface area contributed by atoms with Crippen molar-refractivity contribution in [1.29, 1.82) is 0 Å². The zero-order valence-electron chi connectivity index (χ0n) is 13.9. The predicted molar refractivity (Wildman–Crippen MR) is 93.5 cm³/mol. The first-order valence-corrected chi connectivity index (χ1v) is 8.21. The van der Waals surface area contributed by atoms with Crippen molar-refractivity contribution in [3.05, 3.63) is 60.7 Å². The highest BCUT2D eigenvalue weighted by molar-refractivity contribution is 5.93. The van der Waals surface area contributed by atoms with E-state index in [1.54, 1.807) is 12.4 Å². The van der Waals surface area contributed by atoms with Gasteiger partial charge in [0.1, 0.15) is 5.69 Å². The summed E-state index contributed by atoms with van der Waals surface area (Å²) in [6.45, 7) is 1.23. The number of rotatable bonds is 3. The van der Waals surface area contributed by atoms with Crippen LogP contribution in [0.2, 0.25) is 0 Å². The van der Waals surface area contributed by atoms with Crippen LogP contribution in [0.4, 0.5) is 0 Å². The third-order valence-corrected chi connectivity index (χ3v) is 4.22. The van der Waals surface area contributed by atoms with E-state index in [1.807, 2.05) is 54.2 Å². The fourth-order valence-electron chi connectivity index (χ4n) is 2.88. The van der Waals surface area contributed by atoms with Crippen LogP contribution in [0.3, 0.4) is 0 Å². The van der Waals surface area contributed by atoms with Crippen molar-refractivity contribution in [2.75, 3.05) is 13.2 Å². The Morgan fingerprint density at radius 3 is 2.52 bits per heavy atom. The predicted octanol–water partition coefficient (Wildman–Crippen LogP) is 2.93. The molecule has 4 rings (SSSR count). The Balaban J connectivity index is 1.60. The lowest BCUT2D eigenvalue weighted by Gasteiger charge is -2.13. The summed E-state index contributed by atoms with van der Waals surface area (Å²) >= 11 is 0. The Bertz CT molecular complexity index is 882. The van der Waals surface area contributed by atoms with Crippen LogP contribution in [-0.4, -0.2) is 38.7 Å². The molecule has 6 nitrogen and oxygen atoms in total. The van der Waals surface area contributed by atoms with Crippen LogP contribution >= 0.6 is 0 Å². The Morgan fingerprint density at radius 1 is 1.08 bits per heavy atom. The summed E-state index contributed by atoms with van der Waals surface area (Å²) < 4.78 is 1.81. The van der Waals surface area contributed by atoms with Gasteiger partial charge in [0.2, 0.25) is 0 Å². The molecule has 0 bridgehead atoms. The van der Waals surface area contributed by atoms with Crippen LogP contribution in [0.25, 0.3) is 22.5 Å². The zero-order chi connectivity index (χ0) is 17.2. The minimum atomic E-state index is -0.118. The third-order valence-electron chi connectivity index (χ3n) is 4.22. The number of nitrogens with zero attached hydrogens (tertiary/aromatic N) is 4. The van der Waals surface area contributed by atoms with E-state index in [4.69, 9.17) is 4.84 Å². The first-order chi connectivity index (χ1) is 12.2. The molecule has 0 N–H and O–H groups in total. The Hall–Kier alpha value is -2.99. The van der Waals surface area contributed by atoms with E-state index in [1.165, 1.54) is 5.06 Å². The number of aromatic nitrogens is 3. The smallest absolute Gasteiger partial charge is 0.294 e. The highest BCUT2D eigenvalue weighted by atomic mass is 16.7. The van der Waals surface area contributed by atoms with Crippen molar-refractivity contribution >= 4 is 5.91 Å². The Labute approximate surface area is 145 Å². The molecule has 0 radical (unpaired) electrons. The van der Waals surface area contributed by atoms with Crippen molar-refractivity contribution in [1.82, 2.24) is 19.6 Å². The van der Waals surface area contributed by atoms with E-state index in [0.717, 1.165) is 23.1 Å². The maximum atomic E-state index is 12.5. The molecule has 1 fully saturated rings. The number of hydrogen-bond acceptors (Lipinski definition) is 4. The van der Waals surface area contributed by atoms with Gasteiger partial charge < -0.3 is 4.57 Å². The van der Waals surface area contributed by atoms with Gasteiger partial charge >= 0.3 is 0 Å². The Kier molecular flexibility index (Phi) is 4.03. The average Bonchev–Trinajstić information content (AvgIpc) is 3.32. The second kappa shape index (κ2) is 6.49. The van der Waals surface area contributed by atoms with E-state index < -0.39 is 0 Å². The maximum absolute atomic E-state index is 12.5. The topological polar surface area (TPSA) is 60.2 Å². The summed E-state index contributed by atoms with van der Waals surface area (Å²) in [6.07, 6.45) is 6.35. The monoisotopic (exact) mass is 334 g/mol. The van der Waals surface area contributed by atoms with Crippen LogP contribution in [0.5, 0.6) is 0 Å². The molecule has 0 saturated carbocycles. The second-order valence-corrected chi connectivity index (χ2v) is 5.98. The van der Waals surface area contributed by atoms with Gasteiger partial charge in [-0.15, -0.1) is 0 Å². The molecule has 25 heavy (non-hydrogen) atoms. The van der Waals surface area contributed by atoms with Crippen LogP contribution < -0.4 is 0 Å². The van der Waals surface area contributed by atoms with Gasteiger partial charge in [-0.1, -0.05) is 30.3 Å². The number of hydroxylamine groups is 2. The van der Waals surface area contributed by atoms with Crippen LogP contribution in [0, 0.1) is 0 Å². The summed E-state index contributed by atoms with van der Waals surface area (Å²) in [4.78, 5) is 26.7. The van der Waals surface area contributed by atoms with Crippen molar-refractivity contribution in [3.8, 4) is 22.5 Å². The van der Waals surface area contributed by atoms with Crippen molar-refractivity contribution in [3.63, 3.8) is 0 Å². The Morgan fingerprint density at radius 2 is 1.84 bits per heavy atom. The summed E-state index contributed by atoms with van der Waals surface area (Å²) in [7, 11) is 1.85. The number of aryl methyl sites for hydroxylation is 1. The number of carbonyl (C=O) groups excluding carboxylic acids is 1. The van der Waals surface area contributed by atoms with Gasteiger partial charge in [0.05, 0.1) is 13.2 Å². The molecule has 126 valence electrons. The molecule has 3 aromatic rings. The normalized spacial score (nSPS) is 14.0. The molecular formula is C19H18N4O2. The SMILES string of the molecule is Cn1cc(-c2cnc(-c3ccccc3)nc2)cc1C(=O)N1CCCO1. The van der Waals surface area contributed by atoms with Crippen molar-refractivity contribution < 1.29 is 9.63 Å². The quantitative estimate of drug-likeness (QED) is 0.739. The molecular weight excluding hydrogens is 316 g/mol. The van der Waals surface area contributed by atoms with Gasteiger partial charge in [-0.3, -0.25) is 9.63 Å². The van der Waals surface area contributed by atoms with Gasteiger partial charge in [0.25, 0.3) is 5.91 Å². The summed E-state index contributed by atoms with van der Waals surface area (Å²) in [5.74, 6) is 0.565. The van der Waals surface area contributed by atoms with Crippen molar-refractivity contribution in [2.45, 2.75) is 6.42 Å². The summed E-state index contributed by atoms with van der Waals surface area (Å²) in [5.41, 5.74) is 3.34. The largest absolute Gasteiger partial charge is 0.346 e. The molecule has 1 aromatic carbocycles. The first kappa shape index (κ1) is 15.5. The van der Waals surface area contributed by atoms with Crippen LogP contribution in [0.15, 0.2) is 55.0 Å². The lowest BCUT2D eigenvalue weighted by Crippen LogP contribution is -2.28. The number of amides is 1. The van der Waals surface area contributed by atoms with E-state index in [-0.39, 0.29) is 5.91 Å². The molecule has 0 spiro atoms. The maximum Gasteiger partial charge on any atom is 0.294 e. The van der Waals surface area contributed by atoms with E-state index in [9.17, 15) is 4.79 Å². The molecule has 0 aliphatic carbocycles. The number of carbonyl (C=O) groups is 1. The number of benzene rings is 1. The molecule has 6 heteroatoms. The molecule has 1 saturated heterocycles. The van der Waals surface area contributed by atoms with Gasteiger partial charge in [-0.05, 0) is 12.5 Å². The lowest BCUT2D eigenvalue weighted by molar-refractivity contribution is -0.0773. The summed E-state index contributed by atoms with van der Waals surface area (Å²) in [5, 5.41) is 1.42. The molecule has 2 aromatic heterocycles. The van der Waals surface area contributed by atoms with Gasteiger partial charge in [-0.25, -0.2) is 15.0 Å². The van der Waals surface area contributed by atoms with Crippen LogP contribution in [-0.2, 0) is 11.9 Å². The zero-order valence-corrected chi connectivity index (χ0v) is 13.9. The minimum absolute atomic E-state index is 0.118. The van der Waals surface area contributed by atoms with Gasteiger partial charge in [-0.2, -0.15) is 0 Å². The molecule has 1 aliphatic heterocycles. The van der Waals surface area contributed by atoms with Crippen molar-refractivity contribution in [2.24, 2.45) is 7.05 Å². The van der Waals surface area contributed by atoms with E-state index >= 15 is 0 Å². The second-order valence-electron chi connectivity index (χ2n) is 5.98. The highest BCUT2D eigenvalue weighted by Gasteiger charge is 2.23. The minimum Gasteiger partial charge on any atom is -0.346 e. The average molecular weight is 334 g/mol. The van der Waals surface area contributed by atoms with Crippen LogP contribution in [0.1, 0.15) is 16.9 Å². The number of hydrogen-bond donors (Lipinski definition) is 0. The summed E-state index contributed by atoms with van der Waals surface area (Å²) in [6, 6.07) is 11.7. The fourth-order valence-corrected chi connectivity index (χ4v) is 2.88. The molecule has 0 atom stereocenters. The van der Waals surface area contributed by atoms with Gasteiger partial charge in [0, 0.05) is 42.3 Å². The molecule has 1 aliphatic rings. The van der Waals surface area contributed by atoms with E-state index in [0.29, 0.717) is 24.7 Å². The molecule has 1 amide bonds. The lowest BCUT2D eigenvalue weighted by atomic mass is 10.1. The van der Waals surface area contributed by atoms with Gasteiger partial charge in [0.15, 0.2) is 5.82 Å². The molecule has 0 unspecified atom stereocenters. The highest BCUT2D eigenvalue weighted by Crippen LogP contribution is 2.23. The standard InChI is InChI=1S/C19H18N4O2/c1-22-13-15(10-17(22)19(24)23-8-5-9-25-23)16-11-20-18(21-12-16)14-6-3-2-4-7-14/h2-4,6-7,10-13H,5,8-9H2,1H3. The first-order valence-electron chi connectivity index (χ1n) is 8.21. The third kappa shape index (κ3) is 3.04. The molecule has 3 heterocycles. The van der Waals surface area contributed by atoms with E-state index in [2.05, 4.69) is 9.97 Å². The fraction of sp³-hybridized carbons (Fsp3) is 0.211.